The molecule has 2 aliphatic heterocycles. The topological polar surface area (TPSA) is 112 Å². The molecule has 1 aliphatic carbocycles. The lowest BCUT2D eigenvalue weighted by Crippen LogP contribution is -2.31. The van der Waals surface area contributed by atoms with Crippen LogP contribution in [0.3, 0.4) is 0 Å². The molecule has 0 atom stereocenters. The van der Waals surface area contributed by atoms with Crippen molar-refractivity contribution in [3.05, 3.63) is 45.9 Å². The lowest BCUT2D eigenvalue weighted by Gasteiger charge is -2.18. The largest absolute Gasteiger partial charge is 0.496 e. The zero-order valence-corrected chi connectivity index (χ0v) is 20.5. The van der Waals surface area contributed by atoms with Crippen LogP contribution < -0.4 is 10.5 Å². The number of amides is 1. The first-order valence-electron chi connectivity index (χ1n) is 11.0. The number of rotatable bonds is 7. The van der Waals surface area contributed by atoms with Gasteiger partial charge in [-0.25, -0.2) is 0 Å². The van der Waals surface area contributed by atoms with Crippen molar-refractivity contribution >= 4 is 23.7 Å². The van der Waals surface area contributed by atoms with Gasteiger partial charge in [0.15, 0.2) is 5.84 Å². The second kappa shape index (κ2) is 9.38. The minimum absolute atomic E-state index is 0.101. The monoisotopic (exact) mass is 467 g/mol. The Balaban J connectivity index is 1.78. The number of carbonyl (C=O) groups is 1. The minimum Gasteiger partial charge on any atom is -0.496 e. The van der Waals surface area contributed by atoms with Gasteiger partial charge in [0.1, 0.15) is 18.0 Å². The van der Waals surface area contributed by atoms with Gasteiger partial charge in [-0.2, -0.15) is 19.4 Å². The van der Waals surface area contributed by atoms with E-state index in [1.165, 1.54) is 11.9 Å². The fourth-order valence-corrected chi connectivity index (χ4v) is 5.04. The Morgan fingerprint density at radius 3 is 2.73 bits per heavy atom. The summed E-state index contributed by atoms with van der Waals surface area (Å²) in [6.07, 6.45) is 2.11. The molecular weight excluding hydrogens is 438 g/mol. The molecule has 0 saturated heterocycles. The number of aromatic nitrogens is 4. The Morgan fingerprint density at radius 1 is 1.27 bits per heavy atom. The molecule has 1 aromatic rings. The van der Waals surface area contributed by atoms with Gasteiger partial charge in [0.2, 0.25) is 5.91 Å². The van der Waals surface area contributed by atoms with Crippen molar-refractivity contribution in [2.45, 2.75) is 46.4 Å². The van der Waals surface area contributed by atoms with Crippen LogP contribution in [0.5, 0.6) is 5.75 Å². The Kier molecular flexibility index (Phi) is 6.55. The van der Waals surface area contributed by atoms with Crippen LogP contribution in [-0.4, -0.2) is 56.8 Å². The normalized spacial score (nSPS) is 13.1. The van der Waals surface area contributed by atoms with Gasteiger partial charge in [-0.1, -0.05) is 0 Å². The highest BCUT2D eigenvalue weighted by Crippen LogP contribution is 2.38. The molecule has 10 heteroatoms. The Morgan fingerprint density at radius 2 is 2.03 bits per heavy atom. The zero-order chi connectivity index (χ0) is 23.7. The van der Waals surface area contributed by atoms with Gasteiger partial charge >= 0.3 is 0 Å². The molecule has 0 aromatic carbocycles. The molecule has 0 fully saturated rings. The molecule has 2 N–H and O–H groups in total. The van der Waals surface area contributed by atoms with E-state index in [1.807, 2.05) is 38.7 Å². The molecule has 1 amide bonds. The molecule has 0 saturated carbocycles. The van der Waals surface area contributed by atoms with Crippen molar-refractivity contribution in [1.82, 2.24) is 24.9 Å². The van der Waals surface area contributed by atoms with Crippen LogP contribution in [0, 0.1) is 13.8 Å². The van der Waals surface area contributed by atoms with E-state index in [1.54, 1.807) is 18.1 Å². The summed E-state index contributed by atoms with van der Waals surface area (Å²) in [4.78, 5) is 20.8. The van der Waals surface area contributed by atoms with E-state index in [2.05, 4.69) is 9.38 Å². The van der Waals surface area contributed by atoms with E-state index in [0.717, 1.165) is 45.0 Å². The van der Waals surface area contributed by atoms with Gasteiger partial charge in [-0.3, -0.25) is 9.78 Å². The number of pyridine rings is 1. The average molecular weight is 468 g/mol. The van der Waals surface area contributed by atoms with Crippen LogP contribution >= 0.6 is 11.9 Å². The summed E-state index contributed by atoms with van der Waals surface area (Å²) in [6.45, 7) is 9.66. The van der Waals surface area contributed by atoms with Crippen LogP contribution in [0.1, 0.15) is 47.5 Å². The molecule has 174 valence electrons. The molecule has 33 heavy (non-hydrogen) atoms. The third kappa shape index (κ3) is 4.27. The fraction of sp³-hybridized carbons (Fsp3) is 0.435. The number of hydrogen-bond donors (Lipinski definition) is 1. The maximum Gasteiger partial charge on any atom is 0.226 e. The highest BCUT2D eigenvalue weighted by Gasteiger charge is 2.28. The predicted molar refractivity (Wildman–Crippen MR) is 130 cm³/mol. The van der Waals surface area contributed by atoms with E-state index in [0.29, 0.717) is 43.3 Å². The average Bonchev–Trinajstić information content (AvgIpc) is 3.03. The molecule has 4 rings (SSSR count). The summed E-state index contributed by atoms with van der Waals surface area (Å²) >= 11 is 1.37. The maximum absolute atomic E-state index is 12.8. The third-order valence-corrected chi connectivity index (χ3v) is 6.79. The van der Waals surface area contributed by atoms with Gasteiger partial charge < -0.3 is 15.4 Å². The quantitative estimate of drug-likeness (QED) is 0.532. The minimum atomic E-state index is 0.101. The first-order valence-corrected chi connectivity index (χ1v) is 11.9. The van der Waals surface area contributed by atoms with Crippen LogP contribution in [-0.2, 0) is 23.5 Å². The van der Waals surface area contributed by atoms with Crippen LogP contribution in [0.15, 0.2) is 16.7 Å². The zero-order valence-electron chi connectivity index (χ0n) is 19.7. The van der Waals surface area contributed by atoms with Crippen LogP contribution in [0.4, 0.5) is 0 Å². The Labute approximate surface area is 197 Å². The number of aryl methyl sites for hydroxylation is 1. The number of amidine groups is 1. The standard InChI is InChI=1S/C23H29N7O2S/c1-6-29(7-2)19(31)9-15-8-17-20-16(15)12-33-28-23(24)21(20)27-30(26-17)11-18-14(4)22(32-5)13(3)10-25-18/h8,10H,6-7,9,11-12H2,1-5H3,(H2,24,28). The van der Waals surface area contributed by atoms with Gasteiger partial charge in [-0.15, -0.1) is 0 Å². The highest BCUT2D eigenvalue weighted by molar-refractivity contribution is 7.97. The number of methoxy groups -OCH3 is 1. The number of carbonyl (C=O) groups excluding carboxylic acids is 1. The lowest BCUT2D eigenvalue weighted by atomic mass is 10.1. The molecule has 3 heterocycles. The summed E-state index contributed by atoms with van der Waals surface area (Å²) in [5, 5.41) is 9.47. The van der Waals surface area contributed by atoms with Crippen molar-refractivity contribution in [2.24, 2.45) is 10.1 Å². The summed E-state index contributed by atoms with van der Waals surface area (Å²) in [5.74, 6) is 1.90. The van der Waals surface area contributed by atoms with Crippen LogP contribution in [0.2, 0.25) is 0 Å². The van der Waals surface area contributed by atoms with Gasteiger partial charge in [-0.05, 0) is 56.8 Å². The Bertz CT molecular complexity index is 1200. The number of nitrogens with two attached hydrogens (primary N) is 1. The van der Waals surface area contributed by atoms with E-state index >= 15 is 0 Å². The Hall–Kier alpha value is -3.14. The molecule has 1 aromatic heterocycles. The molecule has 0 spiro atoms. The summed E-state index contributed by atoms with van der Waals surface area (Å²) in [7, 11) is 1.66. The van der Waals surface area contributed by atoms with Gasteiger partial charge in [0.05, 0.1) is 24.9 Å². The highest BCUT2D eigenvalue weighted by atomic mass is 32.2. The van der Waals surface area contributed by atoms with Crippen LogP contribution in [0.25, 0.3) is 11.3 Å². The van der Waals surface area contributed by atoms with E-state index in [4.69, 9.17) is 20.7 Å². The number of ether oxygens (including phenoxy) is 1. The molecule has 0 radical (unpaired) electrons. The third-order valence-electron chi connectivity index (χ3n) is 6.05. The second-order valence-corrected chi connectivity index (χ2v) is 8.76. The molecule has 9 nitrogen and oxygen atoms in total. The number of likely N-dealkylation sites (N-methyl/N-ethyl adjacent to an activating group) is 1. The summed E-state index contributed by atoms with van der Waals surface area (Å²) in [5.41, 5.74) is 13.2. The van der Waals surface area contributed by atoms with Crippen molar-refractivity contribution in [2.75, 3.05) is 20.2 Å². The van der Waals surface area contributed by atoms with Crippen molar-refractivity contribution in [3.63, 3.8) is 0 Å². The number of nitrogens with zero attached hydrogens (tertiary/aromatic N) is 6. The first-order chi connectivity index (χ1) is 15.9. The fourth-order valence-electron chi connectivity index (χ4n) is 4.29. The van der Waals surface area contributed by atoms with Gasteiger partial charge in [0, 0.05) is 41.7 Å². The smallest absolute Gasteiger partial charge is 0.226 e. The number of hydrogen-bond acceptors (Lipinski definition) is 8. The molecule has 3 aliphatic rings. The first kappa shape index (κ1) is 23.0. The summed E-state index contributed by atoms with van der Waals surface area (Å²) < 4.78 is 9.94. The van der Waals surface area contributed by atoms with Crippen molar-refractivity contribution < 1.29 is 9.53 Å². The molecule has 0 unspecified atom stereocenters. The van der Waals surface area contributed by atoms with Crippen molar-refractivity contribution in [3.8, 4) is 17.0 Å². The van der Waals surface area contributed by atoms with Gasteiger partial charge in [0.25, 0.3) is 0 Å². The summed E-state index contributed by atoms with van der Waals surface area (Å²) in [6, 6.07) is 1.99. The van der Waals surface area contributed by atoms with Crippen molar-refractivity contribution in [1.29, 1.82) is 0 Å². The lowest BCUT2D eigenvalue weighted by molar-refractivity contribution is -0.130. The SMILES string of the molecule is CCN(CC)C(=O)Cc1cc2nn(Cc3ncc(C)c(OC)c3C)nc3c-2c1CSN=C3N. The maximum atomic E-state index is 12.8. The second-order valence-electron chi connectivity index (χ2n) is 8.03. The van der Waals surface area contributed by atoms with E-state index in [9.17, 15) is 4.79 Å². The molecular formula is C23H29N7O2S. The van der Waals surface area contributed by atoms with E-state index in [-0.39, 0.29) is 5.91 Å². The molecule has 0 bridgehead atoms. The van der Waals surface area contributed by atoms with E-state index < -0.39 is 0 Å². The predicted octanol–water partition coefficient (Wildman–Crippen LogP) is 2.73.